The van der Waals surface area contributed by atoms with Crippen molar-refractivity contribution in [2.75, 3.05) is 0 Å². The molecule has 0 amide bonds. The van der Waals surface area contributed by atoms with Crippen LogP contribution in [0.15, 0.2) is 24.3 Å². The first-order valence-electron chi connectivity index (χ1n) is 6.03. The molecule has 1 nitrogen and oxygen atoms in total. The van der Waals surface area contributed by atoms with E-state index in [9.17, 15) is 0 Å². The molecule has 1 heteroatoms. The Balaban J connectivity index is 1.74. The quantitative estimate of drug-likeness (QED) is 0.794. The Morgan fingerprint density at radius 2 is 1.87 bits per heavy atom. The van der Waals surface area contributed by atoms with Gasteiger partial charge in [-0.25, -0.2) is 0 Å². The molecule has 1 N–H and O–H groups in total. The van der Waals surface area contributed by atoms with Gasteiger partial charge in [0.1, 0.15) is 0 Å². The molecule has 0 bridgehead atoms. The van der Waals surface area contributed by atoms with E-state index in [0.29, 0.717) is 0 Å². The van der Waals surface area contributed by atoms with Crippen LogP contribution < -0.4 is 5.32 Å². The molecule has 1 radical (unpaired) electrons. The Bertz CT molecular complexity index is 273. The number of rotatable bonds is 3. The smallest absolute Gasteiger partial charge is 0.0208 e. The van der Waals surface area contributed by atoms with E-state index in [4.69, 9.17) is 0 Å². The van der Waals surface area contributed by atoms with Gasteiger partial charge in [-0.3, -0.25) is 0 Å². The molecule has 15 heavy (non-hydrogen) atoms. The van der Waals surface area contributed by atoms with Gasteiger partial charge < -0.3 is 5.32 Å². The van der Waals surface area contributed by atoms with Crippen LogP contribution in [0.2, 0.25) is 0 Å². The lowest BCUT2D eigenvalue weighted by Crippen LogP contribution is -2.32. The number of nitrogens with one attached hydrogen (secondary N) is 1. The maximum Gasteiger partial charge on any atom is 0.0208 e. The van der Waals surface area contributed by atoms with Crippen molar-refractivity contribution in [2.24, 2.45) is 5.92 Å². The van der Waals surface area contributed by atoms with Crippen LogP contribution in [0.5, 0.6) is 0 Å². The topological polar surface area (TPSA) is 12.0 Å². The van der Waals surface area contributed by atoms with Gasteiger partial charge >= 0.3 is 0 Å². The highest BCUT2D eigenvalue weighted by Gasteiger charge is 2.17. The van der Waals surface area contributed by atoms with Crippen LogP contribution in [0, 0.1) is 12.0 Å². The average Bonchev–Trinajstić information content (AvgIpc) is 2.30. The summed E-state index contributed by atoms with van der Waals surface area (Å²) in [5.74, 6) is 0.939. The minimum absolute atomic E-state index is 0.741. The highest BCUT2D eigenvalue weighted by Crippen LogP contribution is 2.23. The summed E-state index contributed by atoms with van der Waals surface area (Å²) in [6, 6.07) is 12.0. The zero-order chi connectivity index (χ0) is 10.5. The summed E-state index contributed by atoms with van der Waals surface area (Å²) < 4.78 is 0. The maximum atomic E-state index is 3.64. The summed E-state index contributed by atoms with van der Waals surface area (Å²) in [4.78, 5) is 0. The fourth-order valence-electron chi connectivity index (χ4n) is 2.27. The van der Waals surface area contributed by atoms with E-state index in [1.54, 1.807) is 0 Å². The van der Waals surface area contributed by atoms with Crippen molar-refractivity contribution in [1.29, 1.82) is 0 Å². The predicted molar refractivity (Wildman–Crippen MR) is 63.5 cm³/mol. The Morgan fingerprint density at radius 1 is 1.20 bits per heavy atom. The Morgan fingerprint density at radius 3 is 2.53 bits per heavy atom. The molecule has 1 saturated carbocycles. The molecule has 0 heterocycles. The van der Waals surface area contributed by atoms with Crippen LogP contribution in [0.4, 0.5) is 0 Å². The highest BCUT2D eigenvalue weighted by molar-refractivity contribution is 5.13. The fraction of sp³-hybridized carbons (Fsp3) is 0.571. The standard InChI is InChI=1S/C14H20N/c1-12-7-9-14(10-8-12)15-11-13-5-3-2-4-6-13/h3-6,12,14-15H,7-11H2,1H3. The zero-order valence-corrected chi connectivity index (χ0v) is 9.50. The van der Waals surface area contributed by atoms with Crippen molar-refractivity contribution in [1.82, 2.24) is 5.32 Å². The predicted octanol–water partition coefficient (Wildman–Crippen LogP) is 3.16. The molecule has 2 rings (SSSR count). The third-order valence-electron chi connectivity index (χ3n) is 3.40. The summed E-state index contributed by atoms with van der Waals surface area (Å²) in [5, 5.41) is 3.64. The normalized spacial score (nSPS) is 26.5. The number of benzene rings is 1. The van der Waals surface area contributed by atoms with E-state index in [0.717, 1.165) is 18.5 Å². The second kappa shape index (κ2) is 5.32. The Kier molecular flexibility index (Phi) is 3.79. The van der Waals surface area contributed by atoms with Gasteiger partial charge in [0.25, 0.3) is 0 Å². The second-order valence-electron chi connectivity index (χ2n) is 4.75. The van der Waals surface area contributed by atoms with Crippen LogP contribution in [-0.4, -0.2) is 6.04 Å². The minimum Gasteiger partial charge on any atom is -0.310 e. The molecule has 0 unspecified atom stereocenters. The van der Waals surface area contributed by atoms with Gasteiger partial charge in [0.15, 0.2) is 0 Å². The number of hydrogen-bond donors (Lipinski definition) is 1. The van der Waals surface area contributed by atoms with E-state index in [2.05, 4.69) is 30.4 Å². The monoisotopic (exact) mass is 202 g/mol. The third kappa shape index (κ3) is 3.35. The molecular formula is C14H20N. The summed E-state index contributed by atoms with van der Waals surface area (Å²) in [6.07, 6.45) is 5.47. The molecule has 1 aliphatic rings. The Labute approximate surface area is 92.9 Å². The second-order valence-corrected chi connectivity index (χ2v) is 4.75. The molecule has 1 aromatic rings. The summed E-state index contributed by atoms with van der Waals surface area (Å²) in [7, 11) is 0. The lowest BCUT2D eigenvalue weighted by atomic mass is 9.87. The molecular weight excluding hydrogens is 182 g/mol. The van der Waals surface area contributed by atoms with E-state index in [-0.39, 0.29) is 0 Å². The van der Waals surface area contributed by atoms with Gasteiger partial charge in [0, 0.05) is 12.6 Å². The van der Waals surface area contributed by atoms with Crippen molar-refractivity contribution in [3.05, 3.63) is 35.9 Å². The molecule has 0 saturated heterocycles. The van der Waals surface area contributed by atoms with E-state index in [1.807, 2.05) is 12.1 Å². The third-order valence-corrected chi connectivity index (χ3v) is 3.40. The summed E-state index contributed by atoms with van der Waals surface area (Å²) in [6.45, 7) is 3.37. The maximum absolute atomic E-state index is 3.64. The van der Waals surface area contributed by atoms with Crippen molar-refractivity contribution in [2.45, 2.75) is 45.2 Å². The molecule has 81 valence electrons. The van der Waals surface area contributed by atoms with Crippen LogP contribution in [0.3, 0.4) is 0 Å². The SMILES string of the molecule is CC1CCC(NCc2cc[c]cc2)CC1. The van der Waals surface area contributed by atoms with Crippen LogP contribution in [0.1, 0.15) is 38.2 Å². The minimum atomic E-state index is 0.741. The molecule has 0 aliphatic heterocycles. The van der Waals surface area contributed by atoms with Gasteiger partial charge in [0.05, 0.1) is 0 Å². The molecule has 0 atom stereocenters. The van der Waals surface area contributed by atoms with Crippen molar-refractivity contribution in [3.63, 3.8) is 0 Å². The van der Waals surface area contributed by atoms with Gasteiger partial charge in [0.2, 0.25) is 0 Å². The molecule has 1 aliphatic carbocycles. The zero-order valence-electron chi connectivity index (χ0n) is 9.50. The van der Waals surface area contributed by atoms with Gasteiger partial charge in [-0.05, 0) is 43.2 Å². The van der Waals surface area contributed by atoms with E-state index >= 15 is 0 Å². The van der Waals surface area contributed by atoms with Crippen molar-refractivity contribution in [3.8, 4) is 0 Å². The lowest BCUT2D eigenvalue weighted by molar-refractivity contribution is 0.306. The van der Waals surface area contributed by atoms with Crippen LogP contribution in [-0.2, 0) is 6.54 Å². The molecule has 1 fully saturated rings. The largest absolute Gasteiger partial charge is 0.310 e. The van der Waals surface area contributed by atoms with Crippen molar-refractivity contribution >= 4 is 0 Å². The molecule has 0 aromatic heterocycles. The Hall–Kier alpha value is -0.820. The molecule has 1 aromatic carbocycles. The highest BCUT2D eigenvalue weighted by atomic mass is 14.9. The summed E-state index contributed by atoms with van der Waals surface area (Å²) >= 11 is 0. The van der Waals surface area contributed by atoms with Crippen LogP contribution in [0.25, 0.3) is 0 Å². The average molecular weight is 202 g/mol. The van der Waals surface area contributed by atoms with Crippen molar-refractivity contribution < 1.29 is 0 Å². The first kappa shape index (κ1) is 10.7. The van der Waals surface area contributed by atoms with E-state index in [1.165, 1.54) is 31.2 Å². The van der Waals surface area contributed by atoms with Gasteiger partial charge in [-0.15, -0.1) is 0 Å². The lowest BCUT2D eigenvalue weighted by Gasteiger charge is -2.27. The summed E-state index contributed by atoms with van der Waals surface area (Å²) in [5.41, 5.74) is 1.37. The van der Waals surface area contributed by atoms with Crippen LogP contribution >= 0.6 is 0 Å². The fourth-order valence-corrected chi connectivity index (χ4v) is 2.27. The van der Waals surface area contributed by atoms with Gasteiger partial charge in [-0.2, -0.15) is 0 Å². The van der Waals surface area contributed by atoms with E-state index < -0.39 is 0 Å². The molecule has 0 spiro atoms. The first-order chi connectivity index (χ1) is 7.34. The first-order valence-corrected chi connectivity index (χ1v) is 6.03. The number of hydrogen-bond acceptors (Lipinski definition) is 1. The van der Waals surface area contributed by atoms with Gasteiger partial charge in [-0.1, -0.05) is 31.2 Å².